The molecule has 0 unspecified atom stereocenters. The van der Waals surface area contributed by atoms with Gasteiger partial charge in [0.25, 0.3) is 0 Å². The summed E-state index contributed by atoms with van der Waals surface area (Å²) < 4.78 is 4.83. The van der Waals surface area contributed by atoms with Crippen LogP contribution >= 0.6 is 11.3 Å². The highest BCUT2D eigenvalue weighted by Gasteiger charge is 2.18. The van der Waals surface area contributed by atoms with Crippen molar-refractivity contribution < 1.29 is 14.3 Å². The molecule has 106 valence electrons. The van der Waals surface area contributed by atoms with E-state index in [-0.39, 0.29) is 24.1 Å². The zero-order valence-corrected chi connectivity index (χ0v) is 12.0. The summed E-state index contributed by atoms with van der Waals surface area (Å²) in [6.07, 6.45) is 0. The van der Waals surface area contributed by atoms with E-state index in [0.29, 0.717) is 5.82 Å². The fourth-order valence-electron chi connectivity index (χ4n) is 1.60. The average Bonchev–Trinajstić information content (AvgIpc) is 3.09. The number of H-pyrrole nitrogens is 1. The van der Waals surface area contributed by atoms with Crippen molar-refractivity contribution in [2.45, 2.75) is 19.8 Å². The smallest absolute Gasteiger partial charge is 0.356 e. The Morgan fingerprint density at radius 3 is 3.00 bits per heavy atom. The van der Waals surface area contributed by atoms with Crippen molar-refractivity contribution in [3.8, 4) is 0 Å². The van der Waals surface area contributed by atoms with Crippen LogP contribution < -0.4 is 5.32 Å². The highest BCUT2D eigenvalue weighted by Crippen LogP contribution is 2.22. The van der Waals surface area contributed by atoms with Crippen molar-refractivity contribution in [3.63, 3.8) is 0 Å². The Labute approximate surface area is 120 Å². The van der Waals surface area contributed by atoms with Crippen LogP contribution in [-0.2, 0) is 9.53 Å². The molecule has 0 bridgehead atoms. The minimum atomic E-state index is -0.494. The lowest BCUT2D eigenvalue weighted by molar-refractivity contribution is -0.117. The summed E-state index contributed by atoms with van der Waals surface area (Å²) in [4.78, 5) is 24.5. The fourth-order valence-corrected chi connectivity index (χ4v) is 2.38. The van der Waals surface area contributed by atoms with E-state index in [9.17, 15) is 9.59 Å². The molecule has 1 amide bonds. The van der Waals surface area contributed by atoms with Crippen LogP contribution in [0.4, 0.5) is 5.82 Å². The molecule has 0 spiro atoms. The fraction of sp³-hybridized carbons (Fsp3) is 0.308. The highest BCUT2D eigenvalue weighted by atomic mass is 32.1. The zero-order chi connectivity index (χ0) is 14.5. The molecule has 2 aromatic rings. The first-order valence-electron chi connectivity index (χ1n) is 6.18. The number of aromatic amines is 1. The highest BCUT2D eigenvalue weighted by molar-refractivity contribution is 7.10. The maximum atomic E-state index is 12.0. The number of hydrogen-bond acceptors (Lipinski definition) is 5. The lowest BCUT2D eigenvalue weighted by atomic mass is 10.1. The topological polar surface area (TPSA) is 84.1 Å². The molecule has 0 aliphatic carbocycles. The van der Waals surface area contributed by atoms with E-state index in [2.05, 4.69) is 15.5 Å². The van der Waals surface area contributed by atoms with Crippen LogP contribution in [0.3, 0.4) is 0 Å². The molecule has 2 N–H and O–H groups in total. The van der Waals surface area contributed by atoms with Crippen LogP contribution in [0.25, 0.3) is 0 Å². The Kier molecular flexibility index (Phi) is 4.52. The van der Waals surface area contributed by atoms with E-state index in [1.807, 2.05) is 24.4 Å². The third-order valence-electron chi connectivity index (χ3n) is 2.69. The number of esters is 1. The second-order valence-corrected chi connectivity index (χ2v) is 5.09. The van der Waals surface area contributed by atoms with Gasteiger partial charge in [-0.3, -0.25) is 9.89 Å². The van der Waals surface area contributed by atoms with Crippen molar-refractivity contribution >= 4 is 29.0 Å². The van der Waals surface area contributed by atoms with Gasteiger partial charge in [0.15, 0.2) is 5.82 Å². The lowest BCUT2D eigenvalue weighted by Crippen LogP contribution is -2.18. The van der Waals surface area contributed by atoms with Crippen molar-refractivity contribution in [1.29, 1.82) is 0 Å². The molecule has 6 nitrogen and oxygen atoms in total. The van der Waals surface area contributed by atoms with Crippen LogP contribution in [0, 0.1) is 0 Å². The monoisotopic (exact) mass is 293 g/mol. The molecular formula is C13H15N3O3S. The van der Waals surface area contributed by atoms with Crippen molar-refractivity contribution in [2.24, 2.45) is 0 Å². The minimum Gasteiger partial charge on any atom is -0.461 e. The third kappa shape index (κ3) is 3.24. The molecular weight excluding hydrogens is 278 g/mol. The maximum absolute atomic E-state index is 12.0. The molecule has 0 aromatic carbocycles. The largest absolute Gasteiger partial charge is 0.461 e. The zero-order valence-electron chi connectivity index (χ0n) is 11.2. The second kappa shape index (κ2) is 6.33. The normalized spacial score (nSPS) is 11.9. The molecule has 0 aliphatic heterocycles. The Morgan fingerprint density at radius 2 is 2.35 bits per heavy atom. The molecule has 20 heavy (non-hydrogen) atoms. The molecule has 2 heterocycles. The number of hydrogen-bond donors (Lipinski definition) is 2. The van der Waals surface area contributed by atoms with Crippen LogP contribution in [0.5, 0.6) is 0 Å². The Morgan fingerprint density at radius 1 is 1.55 bits per heavy atom. The van der Waals surface area contributed by atoms with Gasteiger partial charge in [0.2, 0.25) is 5.91 Å². The summed E-state index contributed by atoms with van der Waals surface area (Å²) in [6.45, 7) is 3.83. The molecule has 0 fully saturated rings. The van der Waals surface area contributed by atoms with Gasteiger partial charge in [0.1, 0.15) is 5.69 Å². The van der Waals surface area contributed by atoms with Crippen LogP contribution in [0.15, 0.2) is 23.6 Å². The summed E-state index contributed by atoms with van der Waals surface area (Å²) in [5, 5.41) is 11.0. The number of carbonyl (C=O) groups excluding carboxylic acids is 2. The van der Waals surface area contributed by atoms with Gasteiger partial charge >= 0.3 is 5.97 Å². The van der Waals surface area contributed by atoms with Gasteiger partial charge in [-0.2, -0.15) is 5.10 Å². The number of anilines is 1. The molecule has 0 aliphatic rings. The van der Waals surface area contributed by atoms with Gasteiger partial charge in [0, 0.05) is 10.9 Å². The number of ether oxygens (including phenoxy) is 1. The SMILES string of the molecule is CCOC(=O)c1cc(NC(=O)[C@@H](C)c2cccs2)n[nH]1. The second-order valence-electron chi connectivity index (χ2n) is 4.11. The molecule has 0 saturated heterocycles. The van der Waals surface area contributed by atoms with E-state index in [1.165, 1.54) is 17.4 Å². The molecule has 0 saturated carbocycles. The summed E-state index contributed by atoms with van der Waals surface area (Å²) in [6, 6.07) is 5.26. The quantitative estimate of drug-likeness (QED) is 0.829. The molecule has 0 radical (unpaired) electrons. The Bertz CT molecular complexity index is 592. The average molecular weight is 293 g/mol. The van der Waals surface area contributed by atoms with E-state index >= 15 is 0 Å². The first-order chi connectivity index (χ1) is 9.61. The summed E-state index contributed by atoms with van der Waals surface area (Å²) >= 11 is 1.52. The van der Waals surface area contributed by atoms with Gasteiger partial charge in [-0.15, -0.1) is 11.3 Å². The summed E-state index contributed by atoms with van der Waals surface area (Å²) in [7, 11) is 0. The third-order valence-corrected chi connectivity index (χ3v) is 3.74. The Balaban J connectivity index is 2.00. The van der Waals surface area contributed by atoms with Crippen molar-refractivity contribution in [1.82, 2.24) is 10.2 Å². The van der Waals surface area contributed by atoms with Crippen LogP contribution in [0.1, 0.15) is 35.1 Å². The van der Waals surface area contributed by atoms with Crippen LogP contribution in [-0.4, -0.2) is 28.7 Å². The Hall–Kier alpha value is -2.15. The molecule has 2 rings (SSSR count). The number of carbonyl (C=O) groups is 2. The molecule has 2 aromatic heterocycles. The van der Waals surface area contributed by atoms with E-state index < -0.39 is 5.97 Å². The summed E-state index contributed by atoms with van der Waals surface area (Å²) in [5.41, 5.74) is 0.214. The lowest BCUT2D eigenvalue weighted by Gasteiger charge is -2.08. The van der Waals surface area contributed by atoms with Gasteiger partial charge < -0.3 is 10.1 Å². The standard InChI is InChI=1S/C13H15N3O3S/c1-3-19-13(18)9-7-11(16-15-9)14-12(17)8(2)10-5-4-6-20-10/h4-8H,3H2,1-2H3,(H2,14,15,16,17)/t8-/m0/s1. The maximum Gasteiger partial charge on any atom is 0.356 e. The van der Waals surface area contributed by atoms with Crippen LogP contribution in [0.2, 0.25) is 0 Å². The predicted molar refractivity (Wildman–Crippen MR) is 75.9 cm³/mol. The number of nitrogens with zero attached hydrogens (tertiary/aromatic N) is 1. The summed E-state index contributed by atoms with van der Waals surface area (Å²) in [5.74, 6) is -0.625. The van der Waals surface area contributed by atoms with Gasteiger partial charge in [0.05, 0.1) is 12.5 Å². The number of aromatic nitrogens is 2. The number of nitrogens with one attached hydrogen (secondary N) is 2. The molecule has 1 atom stereocenters. The first kappa shape index (κ1) is 14.3. The number of thiophene rings is 1. The molecule has 7 heteroatoms. The van der Waals surface area contributed by atoms with Crippen molar-refractivity contribution in [3.05, 3.63) is 34.2 Å². The van der Waals surface area contributed by atoms with E-state index in [0.717, 1.165) is 4.88 Å². The van der Waals surface area contributed by atoms with E-state index in [4.69, 9.17) is 4.74 Å². The minimum absolute atomic E-state index is 0.172. The van der Waals surface area contributed by atoms with Crippen molar-refractivity contribution in [2.75, 3.05) is 11.9 Å². The van der Waals surface area contributed by atoms with Gasteiger partial charge in [-0.05, 0) is 25.3 Å². The number of rotatable bonds is 5. The number of amides is 1. The first-order valence-corrected chi connectivity index (χ1v) is 7.06. The predicted octanol–water partition coefficient (Wildman–Crippen LogP) is 2.39. The van der Waals surface area contributed by atoms with Gasteiger partial charge in [-0.1, -0.05) is 6.07 Å². The van der Waals surface area contributed by atoms with Gasteiger partial charge in [-0.25, -0.2) is 4.79 Å². The van der Waals surface area contributed by atoms with E-state index in [1.54, 1.807) is 6.92 Å².